The Morgan fingerprint density at radius 1 is 1.35 bits per heavy atom. The maximum Gasteiger partial charge on any atom is 0.320 e. The predicted octanol–water partition coefficient (Wildman–Crippen LogP) is 1.12. The van der Waals surface area contributed by atoms with Crippen molar-refractivity contribution in [3.63, 3.8) is 0 Å². The van der Waals surface area contributed by atoms with Crippen LogP contribution in [0.1, 0.15) is 34.6 Å². The molecule has 0 amide bonds. The van der Waals surface area contributed by atoms with E-state index in [1.807, 2.05) is 0 Å². The van der Waals surface area contributed by atoms with Crippen LogP contribution in [0.3, 0.4) is 0 Å². The van der Waals surface area contributed by atoms with Crippen LogP contribution in [0.5, 0.6) is 0 Å². The first-order valence-corrected chi connectivity index (χ1v) is 4.93. The van der Waals surface area contributed by atoms with Gasteiger partial charge in [0, 0.05) is 11.1 Å². The highest BCUT2D eigenvalue weighted by atomic mass is 16.4. The molecule has 92 valence electrons. The molecule has 3 N–H and O–H groups in total. The third kappa shape index (κ3) is 5.58. The summed E-state index contributed by atoms with van der Waals surface area (Å²) in [6.07, 6.45) is 0.691. The summed E-state index contributed by atoms with van der Waals surface area (Å²) in [6, 6.07) is 6.01. The highest BCUT2D eigenvalue weighted by Crippen LogP contribution is 2.05. The summed E-state index contributed by atoms with van der Waals surface area (Å²) in [4.78, 5) is 30.8. The van der Waals surface area contributed by atoms with Gasteiger partial charge < -0.3 is 10.8 Å². The smallest absolute Gasteiger partial charge is 0.320 e. The average Bonchev–Trinajstić information content (AvgIpc) is 2.29. The molecule has 0 aromatic heterocycles. The standard InChI is InChI=1S/C9H8O2.C3H7NO2/c1-7(11)9-5-3-2-4-8(9)6-10;1-2(4)3(5)6/h2-6H,1H3;2H,4H2,1H3,(H,5,6)/t;2-/m.0/s1. The summed E-state index contributed by atoms with van der Waals surface area (Å²) in [5.74, 6) is -1.04. The molecule has 5 heteroatoms. The van der Waals surface area contributed by atoms with E-state index in [2.05, 4.69) is 0 Å². The lowest BCUT2D eigenvalue weighted by Crippen LogP contribution is -2.25. The number of hydrogen-bond donors (Lipinski definition) is 2. The fourth-order valence-electron chi connectivity index (χ4n) is 0.920. The number of carboxylic acids is 1. The molecule has 0 radical (unpaired) electrons. The van der Waals surface area contributed by atoms with Crippen molar-refractivity contribution in [2.75, 3.05) is 0 Å². The van der Waals surface area contributed by atoms with Gasteiger partial charge in [-0.1, -0.05) is 24.3 Å². The molecule has 0 fully saturated rings. The summed E-state index contributed by atoms with van der Waals surface area (Å²) in [6.45, 7) is 2.87. The van der Waals surface area contributed by atoms with Crippen molar-refractivity contribution in [1.29, 1.82) is 0 Å². The van der Waals surface area contributed by atoms with E-state index in [-0.39, 0.29) is 5.78 Å². The van der Waals surface area contributed by atoms with Gasteiger partial charge in [-0.3, -0.25) is 14.4 Å². The van der Waals surface area contributed by atoms with Crippen LogP contribution < -0.4 is 5.73 Å². The highest BCUT2D eigenvalue weighted by molar-refractivity contribution is 6.01. The molecule has 0 aliphatic heterocycles. The third-order valence-electron chi connectivity index (χ3n) is 1.86. The SMILES string of the molecule is CC(=O)c1ccccc1C=O.C[C@H](N)C(=O)O. The summed E-state index contributed by atoms with van der Waals surface area (Å²) in [5.41, 5.74) is 5.78. The number of aldehydes is 1. The van der Waals surface area contributed by atoms with Gasteiger partial charge in [-0.15, -0.1) is 0 Å². The van der Waals surface area contributed by atoms with Crippen LogP contribution >= 0.6 is 0 Å². The minimum Gasteiger partial charge on any atom is -0.480 e. The zero-order valence-electron chi connectivity index (χ0n) is 9.71. The average molecular weight is 237 g/mol. The number of hydrogen-bond acceptors (Lipinski definition) is 4. The fraction of sp³-hybridized carbons (Fsp3) is 0.250. The van der Waals surface area contributed by atoms with Gasteiger partial charge in [0.2, 0.25) is 0 Å². The second-order valence-corrected chi connectivity index (χ2v) is 3.39. The quantitative estimate of drug-likeness (QED) is 0.606. The monoisotopic (exact) mass is 237 g/mol. The van der Waals surface area contributed by atoms with Crippen molar-refractivity contribution in [1.82, 2.24) is 0 Å². The molecule has 17 heavy (non-hydrogen) atoms. The molecular weight excluding hydrogens is 222 g/mol. The van der Waals surface area contributed by atoms with E-state index in [0.717, 1.165) is 0 Å². The van der Waals surface area contributed by atoms with Crippen molar-refractivity contribution in [2.24, 2.45) is 5.73 Å². The van der Waals surface area contributed by atoms with Crippen molar-refractivity contribution in [2.45, 2.75) is 19.9 Å². The summed E-state index contributed by atoms with van der Waals surface area (Å²) in [5, 5.41) is 7.87. The van der Waals surface area contributed by atoms with E-state index in [1.165, 1.54) is 13.8 Å². The Bertz CT molecular complexity index is 413. The molecule has 5 nitrogen and oxygen atoms in total. The highest BCUT2D eigenvalue weighted by Gasteiger charge is 2.03. The molecule has 1 atom stereocenters. The minimum atomic E-state index is -0.963. The molecule has 0 unspecified atom stereocenters. The maximum absolute atomic E-state index is 10.9. The zero-order valence-corrected chi connectivity index (χ0v) is 9.71. The third-order valence-corrected chi connectivity index (χ3v) is 1.86. The van der Waals surface area contributed by atoms with Crippen LogP contribution in [-0.2, 0) is 4.79 Å². The largest absolute Gasteiger partial charge is 0.480 e. The number of nitrogens with two attached hydrogens (primary N) is 1. The zero-order chi connectivity index (χ0) is 13.4. The first kappa shape index (κ1) is 15.0. The molecule has 1 rings (SSSR count). The van der Waals surface area contributed by atoms with E-state index < -0.39 is 12.0 Å². The number of carbonyl (C=O) groups excluding carboxylic acids is 2. The van der Waals surface area contributed by atoms with Crippen LogP contribution in [0.2, 0.25) is 0 Å². The van der Waals surface area contributed by atoms with Gasteiger partial charge in [-0.2, -0.15) is 0 Å². The van der Waals surface area contributed by atoms with E-state index >= 15 is 0 Å². The van der Waals surface area contributed by atoms with Crippen LogP contribution in [0, 0.1) is 0 Å². The van der Waals surface area contributed by atoms with Gasteiger partial charge in [0.15, 0.2) is 12.1 Å². The van der Waals surface area contributed by atoms with E-state index in [9.17, 15) is 14.4 Å². The van der Waals surface area contributed by atoms with Crippen LogP contribution in [0.4, 0.5) is 0 Å². The molecular formula is C12H15NO4. The van der Waals surface area contributed by atoms with Crippen molar-refractivity contribution in [3.8, 4) is 0 Å². The number of benzene rings is 1. The topological polar surface area (TPSA) is 97.5 Å². The van der Waals surface area contributed by atoms with Gasteiger partial charge >= 0.3 is 5.97 Å². The first-order chi connectivity index (χ1) is 7.90. The number of carboxylic acid groups (broad SMARTS) is 1. The Morgan fingerprint density at radius 2 is 1.82 bits per heavy atom. The van der Waals surface area contributed by atoms with Gasteiger partial charge in [-0.25, -0.2) is 0 Å². The van der Waals surface area contributed by atoms with Gasteiger partial charge in [-0.05, 0) is 13.8 Å². The summed E-state index contributed by atoms with van der Waals surface area (Å²) < 4.78 is 0. The number of rotatable bonds is 3. The lowest BCUT2D eigenvalue weighted by Gasteiger charge is -1.96. The van der Waals surface area contributed by atoms with E-state index in [4.69, 9.17) is 10.8 Å². The fourth-order valence-corrected chi connectivity index (χ4v) is 0.920. The summed E-state index contributed by atoms with van der Waals surface area (Å²) >= 11 is 0. The van der Waals surface area contributed by atoms with Gasteiger partial charge in [0.25, 0.3) is 0 Å². The van der Waals surface area contributed by atoms with Crippen LogP contribution in [0.25, 0.3) is 0 Å². The second kappa shape index (κ2) is 7.29. The molecule has 0 aliphatic rings. The molecule has 0 aliphatic carbocycles. The molecule has 0 saturated heterocycles. The molecule has 0 bridgehead atoms. The molecule has 1 aromatic carbocycles. The Labute approximate surface area is 99.2 Å². The number of carbonyl (C=O) groups is 3. The molecule has 1 aromatic rings. The normalized spacial score (nSPS) is 10.8. The van der Waals surface area contributed by atoms with Crippen LogP contribution in [-0.4, -0.2) is 29.2 Å². The van der Waals surface area contributed by atoms with Crippen molar-refractivity contribution in [3.05, 3.63) is 35.4 Å². The van der Waals surface area contributed by atoms with Crippen molar-refractivity contribution < 1.29 is 19.5 Å². The number of aliphatic carboxylic acids is 1. The minimum absolute atomic E-state index is 0.0762. The lowest BCUT2D eigenvalue weighted by atomic mass is 10.1. The summed E-state index contributed by atoms with van der Waals surface area (Å²) in [7, 11) is 0. The number of Topliss-reactive ketones (excluding diaryl/α,β-unsaturated/α-hetero) is 1. The number of ketones is 1. The Hall–Kier alpha value is -2.01. The predicted molar refractivity (Wildman–Crippen MR) is 63.1 cm³/mol. The molecule has 0 spiro atoms. The van der Waals surface area contributed by atoms with Gasteiger partial charge in [0.1, 0.15) is 6.04 Å². The van der Waals surface area contributed by atoms with Gasteiger partial charge in [0.05, 0.1) is 0 Å². The maximum atomic E-state index is 10.9. The Morgan fingerprint density at radius 3 is 2.12 bits per heavy atom. The molecule has 0 heterocycles. The molecule has 0 saturated carbocycles. The Kier molecular flexibility index (Phi) is 6.43. The second-order valence-electron chi connectivity index (χ2n) is 3.39. The van der Waals surface area contributed by atoms with Crippen LogP contribution in [0.15, 0.2) is 24.3 Å². The first-order valence-electron chi connectivity index (χ1n) is 4.93. The lowest BCUT2D eigenvalue weighted by molar-refractivity contribution is -0.138. The van der Waals surface area contributed by atoms with Crippen molar-refractivity contribution >= 4 is 18.0 Å². The van der Waals surface area contributed by atoms with E-state index in [0.29, 0.717) is 17.4 Å². The Balaban J connectivity index is 0.000000366. The van der Waals surface area contributed by atoms with E-state index in [1.54, 1.807) is 24.3 Å².